The Morgan fingerprint density at radius 3 is 2.50 bits per heavy atom. The minimum Gasteiger partial charge on any atom is -0.478 e. The molecule has 0 saturated heterocycles. The molecule has 2 heterocycles. The van der Waals surface area contributed by atoms with Gasteiger partial charge in [0.25, 0.3) is 0 Å². The van der Waals surface area contributed by atoms with Gasteiger partial charge in [0.2, 0.25) is 5.88 Å². The quantitative estimate of drug-likeness (QED) is 0.509. The summed E-state index contributed by atoms with van der Waals surface area (Å²) in [5.74, 6) is -0.801. The highest BCUT2D eigenvalue weighted by Crippen LogP contribution is 2.42. The summed E-state index contributed by atoms with van der Waals surface area (Å²) < 4.78 is 6.19. The first kappa shape index (κ1) is 18.1. The summed E-state index contributed by atoms with van der Waals surface area (Å²) in [5.41, 5.74) is 3.49. The van der Waals surface area contributed by atoms with Crippen LogP contribution in [0.2, 0.25) is 0 Å². The first-order valence-corrected chi connectivity index (χ1v) is 9.63. The molecule has 5 nitrogen and oxygen atoms in total. The van der Waals surface area contributed by atoms with E-state index in [9.17, 15) is 14.7 Å². The Hall–Kier alpha value is -3.99. The second-order valence-electron chi connectivity index (χ2n) is 7.21. The summed E-state index contributed by atoms with van der Waals surface area (Å²) >= 11 is 0. The summed E-state index contributed by atoms with van der Waals surface area (Å²) in [6.07, 6.45) is -0.207. The Morgan fingerprint density at radius 1 is 0.933 bits per heavy atom. The number of benzene rings is 3. The number of carboxylic acids is 1. The summed E-state index contributed by atoms with van der Waals surface area (Å²) in [7, 11) is 0. The molecule has 1 aliphatic rings. The van der Waals surface area contributed by atoms with E-state index in [0.717, 1.165) is 10.9 Å². The topological polar surface area (TPSA) is 76.5 Å². The van der Waals surface area contributed by atoms with Gasteiger partial charge in [-0.2, -0.15) is 0 Å². The molecule has 30 heavy (non-hydrogen) atoms. The fraction of sp³-hybridized carbons (Fsp3) is 0.0800. The number of aromatic carboxylic acids is 1. The van der Waals surface area contributed by atoms with Crippen LogP contribution in [-0.4, -0.2) is 21.8 Å². The smallest absolute Gasteiger partial charge is 0.335 e. The SMILES string of the molecule is O=C(O)c1cccc(-c2c3c(nc4ccccc24)O[C@@H](c2ccccc2)CC3=O)c1. The molecule has 1 aliphatic heterocycles. The number of para-hydroxylation sites is 1. The van der Waals surface area contributed by atoms with Crippen molar-refractivity contribution < 1.29 is 19.4 Å². The normalized spacial score (nSPS) is 15.5. The number of hydrogen-bond acceptors (Lipinski definition) is 4. The number of hydrogen-bond donors (Lipinski definition) is 1. The Balaban J connectivity index is 1.74. The van der Waals surface area contributed by atoms with Gasteiger partial charge in [-0.05, 0) is 29.3 Å². The zero-order chi connectivity index (χ0) is 20.7. The Kier molecular flexibility index (Phi) is 4.29. The molecule has 0 radical (unpaired) electrons. The molecule has 0 bridgehead atoms. The molecule has 0 saturated carbocycles. The van der Waals surface area contributed by atoms with Crippen molar-refractivity contribution in [2.75, 3.05) is 0 Å². The average molecular weight is 395 g/mol. The van der Waals surface area contributed by atoms with Gasteiger partial charge >= 0.3 is 5.97 Å². The molecule has 5 rings (SSSR count). The molecule has 3 aromatic carbocycles. The molecule has 1 aromatic heterocycles. The van der Waals surface area contributed by atoms with Crippen LogP contribution >= 0.6 is 0 Å². The van der Waals surface area contributed by atoms with Gasteiger partial charge in [-0.15, -0.1) is 0 Å². The van der Waals surface area contributed by atoms with Crippen LogP contribution in [0.5, 0.6) is 5.88 Å². The minimum absolute atomic E-state index is 0.0703. The number of aromatic nitrogens is 1. The number of rotatable bonds is 3. The summed E-state index contributed by atoms with van der Waals surface area (Å²) in [5, 5.41) is 10.2. The maximum absolute atomic E-state index is 13.3. The third-order valence-corrected chi connectivity index (χ3v) is 5.33. The number of carbonyl (C=O) groups excluding carboxylic acids is 1. The maximum atomic E-state index is 13.3. The average Bonchev–Trinajstić information content (AvgIpc) is 2.78. The molecule has 5 heteroatoms. The molecule has 4 aromatic rings. The van der Waals surface area contributed by atoms with Crippen molar-refractivity contribution in [1.82, 2.24) is 4.98 Å². The monoisotopic (exact) mass is 395 g/mol. The van der Waals surface area contributed by atoms with Crippen molar-refractivity contribution in [2.24, 2.45) is 0 Å². The first-order valence-electron chi connectivity index (χ1n) is 9.63. The standard InChI is InChI=1S/C25H17NO4/c27-20-14-21(15-7-2-1-3-8-15)30-24-23(20)22(18-11-4-5-12-19(18)26-24)16-9-6-10-17(13-16)25(28)29/h1-13,21H,14H2,(H,28,29)/t21-/m1/s1. The molecule has 0 spiro atoms. The van der Waals surface area contributed by atoms with Gasteiger partial charge in [0.05, 0.1) is 23.1 Å². The van der Waals surface area contributed by atoms with Gasteiger partial charge in [0.1, 0.15) is 6.10 Å². The largest absolute Gasteiger partial charge is 0.478 e. The predicted octanol–water partition coefficient (Wildman–Crippen LogP) is 5.31. The first-order chi connectivity index (χ1) is 14.6. The van der Waals surface area contributed by atoms with Crippen molar-refractivity contribution in [2.45, 2.75) is 12.5 Å². The molecule has 0 fully saturated rings. The summed E-state index contributed by atoms with van der Waals surface area (Å²) in [6.45, 7) is 0. The molecule has 0 aliphatic carbocycles. The number of Topliss-reactive ketones (excluding diaryl/α,β-unsaturated/α-hetero) is 1. The van der Waals surface area contributed by atoms with E-state index in [1.165, 1.54) is 6.07 Å². The van der Waals surface area contributed by atoms with E-state index < -0.39 is 12.1 Å². The third-order valence-electron chi connectivity index (χ3n) is 5.33. The molecular weight excluding hydrogens is 378 g/mol. The van der Waals surface area contributed by atoms with E-state index in [-0.39, 0.29) is 23.6 Å². The van der Waals surface area contributed by atoms with Crippen molar-refractivity contribution >= 4 is 22.7 Å². The van der Waals surface area contributed by atoms with E-state index in [1.807, 2.05) is 60.7 Å². The number of nitrogens with zero attached hydrogens (tertiary/aromatic N) is 1. The van der Waals surface area contributed by atoms with E-state index in [2.05, 4.69) is 4.98 Å². The Morgan fingerprint density at radius 2 is 1.70 bits per heavy atom. The maximum Gasteiger partial charge on any atom is 0.335 e. The van der Waals surface area contributed by atoms with E-state index >= 15 is 0 Å². The number of ketones is 1. The fourth-order valence-electron chi connectivity index (χ4n) is 3.94. The van der Waals surface area contributed by atoms with Gasteiger partial charge in [-0.25, -0.2) is 9.78 Å². The van der Waals surface area contributed by atoms with E-state index in [0.29, 0.717) is 22.2 Å². The number of fused-ring (bicyclic) bond motifs is 2. The lowest BCUT2D eigenvalue weighted by Gasteiger charge is -2.27. The highest BCUT2D eigenvalue weighted by molar-refractivity contribution is 6.12. The lowest BCUT2D eigenvalue weighted by Crippen LogP contribution is -2.22. The highest BCUT2D eigenvalue weighted by atomic mass is 16.5. The number of ether oxygens (including phenoxy) is 1. The number of carbonyl (C=O) groups is 2. The molecule has 0 amide bonds. The van der Waals surface area contributed by atoms with Crippen LogP contribution in [0.25, 0.3) is 22.0 Å². The van der Waals surface area contributed by atoms with Crippen LogP contribution in [0.3, 0.4) is 0 Å². The minimum atomic E-state index is -1.02. The van der Waals surface area contributed by atoms with Crippen LogP contribution in [0, 0.1) is 0 Å². The molecule has 0 unspecified atom stereocenters. The van der Waals surface area contributed by atoms with Crippen LogP contribution in [-0.2, 0) is 0 Å². The van der Waals surface area contributed by atoms with E-state index in [1.54, 1.807) is 12.1 Å². The van der Waals surface area contributed by atoms with Crippen molar-refractivity contribution in [3.8, 4) is 17.0 Å². The van der Waals surface area contributed by atoms with Crippen molar-refractivity contribution in [3.05, 3.63) is 95.6 Å². The molecule has 1 N–H and O–H groups in total. The predicted molar refractivity (Wildman–Crippen MR) is 113 cm³/mol. The number of carboxylic acid groups (broad SMARTS) is 1. The van der Waals surface area contributed by atoms with Gasteiger partial charge < -0.3 is 9.84 Å². The van der Waals surface area contributed by atoms with Crippen molar-refractivity contribution in [1.29, 1.82) is 0 Å². The van der Waals surface area contributed by atoms with Crippen LogP contribution in [0.4, 0.5) is 0 Å². The van der Waals surface area contributed by atoms with Crippen molar-refractivity contribution in [3.63, 3.8) is 0 Å². The summed E-state index contributed by atoms with van der Waals surface area (Å²) in [4.78, 5) is 29.4. The van der Waals surface area contributed by atoms with Crippen LogP contribution < -0.4 is 4.74 Å². The highest BCUT2D eigenvalue weighted by Gasteiger charge is 2.32. The van der Waals surface area contributed by atoms with Gasteiger partial charge in [-0.3, -0.25) is 4.79 Å². The summed E-state index contributed by atoms with van der Waals surface area (Å²) in [6, 6.07) is 23.7. The second-order valence-corrected chi connectivity index (χ2v) is 7.21. The Bertz CT molecular complexity index is 1300. The second kappa shape index (κ2) is 7.12. The molecule has 146 valence electrons. The van der Waals surface area contributed by atoms with Gasteiger partial charge in [0, 0.05) is 10.9 Å². The van der Waals surface area contributed by atoms with Crippen LogP contribution in [0.15, 0.2) is 78.9 Å². The lowest BCUT2D eigenvalue weighted by molar-refractivity contribution is 0.0696. The third kappa shape index (κ3) is 3.01. The fourth-order valence-corrected chi connectivity index (χ4v) is 3.94. The lowest BCUT2D eigenvalue weighted by atomic mass is 9.89. The van der Waals surface area contributed by atoms with E-state index in [4.69, 9.17) is 4.74 Å². The molecule has 1 atom stereocenters. The Labute approximate surface area is 172 Å². The molecular formula is C25H17NO4. The van der Waals surface area contributed by atoms with Gasteiger partial charge in [-0.1, -0.05) is 60.7 Å². The zero-order valence-corrected chi connectivity index (χ0v) is 15.9. The van der Waals surface area contributed by atoms with Gasteiger partial charge in [0.15, 0.2) is 5.78 Å². The number of pyridine rings is 1. The zero-order valence-electron chi connectivity index (χ0n) is 15.9. The van der Waals surface area contributed by atoms with Crippen LogP contribution in [0.1, 0.15) is 38.8 Å².